The number of nitrogens with zero attached hydrogens (tertiary/aromatic N) is 2. The molecule has 0 saturated carbocycles. The number of piperazine rings is 1. The lowest BCUT2D eigenvalue weighted by Gasteiger charge is -2.38. The van der Waals surface area contributed by atoms with E-state index in [1.165, 1.54) is 0 Å². The first-order valence-electron chi connectivity index (χ1n) is 9.06. The molecule has 1 unspecified atom stereocenters. The van der Waals surface area contributed by atoms with E-state index in [4.69, 9.17) is 16.7 Å². The predicted octanol–water partition coefficient (Wildman–Crippen LogP) is 3.43. The molecule has 27 heavy (non-hydrogen) atoms. The van der Waals surface area contributed by atoms with Crippen LogP contribution >= 0.6 is 11.6 Å². The summed E-state index contributed by atoms with van der Waals surface area (Å²) in [5.74, 6) is -0.925. The largest absolute Gasteiger partial charge is 0.478 e. The van der Waals surface area contributed by atoms with E-state index in [0.717, 1.165) is 25.1 Å². The number of rotatable bonds is 5. The zero-order valence-corrected chi connectivity index (χ0v) is 16.0. The van der Waals surface area contributed by atoms with Gasteiger partial charge >= 0.3 is 5.97 Å². The average Bonchev–Trinajstić information content (AvgIpc) is 2.68. The van der Waals surface area contributed by atoms with Crippen molar-refractivity contribution in [3.8, 4) is 0 Å². The molecule has 5 nitrogen and oxygen atoms in total. The van der Waals surface area contributed by atoms with E-state index in [-0.39, 0.29) is 5.91 Å². The molecule has 1 N–H and O–H groups in total. The molecule has 2 aromatic rings. The normalized spacial score (nSPS) is 16.1. The molecule has 0 aromatic heterocycles. The van der Waals surface area contributed by atoms with Crippen LogP contribution in [-0.2, 0) is 6.42 Å². The second kappa shape index (κ2) is 8.55. The Kier molecular flexibility index (Phi) is 6.14. The Morgan fingerprint density at radius 3 is 2.26 bits per heavy atom. The first-order chi connectivity index (χ1) is 13.0. The SMILES string of the molecule is CC(Cc1ccc(C(=O)O)cc1)N1CCN(C(=O)c2ccccc2Cl)CC1. The van der Waals surface area contributed by atoms with Crippen LogP contribution in [0.3, 0.4) is 0 Å². The number of hydrogen-bond donors (Lipinski definition) is 1. The summed E-state index contributed by atoms with van der Waals surface area (Å²) in [5, 5.41) is 9.47. The number of carbonyl (C=O) groups excluding carboxylic acids is 1. The minimum Gasteiger partial charge on any atom is -0.478 e. The number of hydrogen-bond acceptors (Lipinski definition) is 3. The Balaban J connectivity index is 1.54. The van der Waals surface area contributed by atoms with Gasteiger partial charge in [0, 0.05) is 32.2 Å². The summed E-state index contributed by atoms with van der Waals surface area (Å²) in [5.41, 5.74) is 1.97. The standard InChI is InChI=1S/C21H23ClN2O3/c1-15(14-16-6-8-17(9-7-16)21(26)27)23-10-12-24(13-11-23)20(25)18-4-2-3-5-19(18)22/h2-9,15H,10-14H2,1H3,(H,26,27). The van der Waals surface area contributed by atoms with Crippen LogP contribution in [0.4, 0.5) is 0 Å². The second-order valence-electron chi connectivity index (χ2n) is 6.86. The van der Waals surface area contributed by atoms with Crippen LogP contribution in [0, 0.1) is 0 Å². The van der Waals surface area contributed by atoms with E-state index in [1.807, 2.05) is 29.2 Å². The number of benzene rings is 2. The molecule has 1 aliphatic heterocycles. The molecule has 1 aliphatic rings. The van der Waals surface area contributed by atoms with Crippen LogP contribution in [0.15, 0.2) is 48.5 Å². The second-order valence-corrected chi connectivity index (χ2v) is 7.27. The molecule has 2 aromatic carbocycles. The summed E-state index contributed by atoms with van der Waals surface area (Å²) in [6.45, 7) is 5.13. The van der Waals surface area contributed by atoms with E-state index in [0.29, 0.717) is 35.3 Å². The summed E-state index contributed by atoms with van der Waals surface area (Å²) < 4.78 is 0. The van der Waals surface area contributed by atoms with E-state index in [1.54, 1.807) is 24.3 Å². The summed E-state index contributed by atoms with van der Waals surface area (Å²) in [7, 11) is 0. The lowest BCUT2D eigenvalue weighted by Crippen LogP contribution is -2.51. The first-order valence-corrected chi connectivity index (χ1v) is 9.43. The van der Waals surface area contributed by atoms with Gasteiger partial charge in [0.2, 0.25) is 0 Å². The summed E-state index contributed by atoms with van der Waals surface area (Å²) in [6.07, 6.45) is 0.846. The summed E-state index contributed by atoms with van der Waals surface area (Å²) in [4.78, 5) is 27.8. The molecule has 1 atom stereocenters. The molecule has 142 valence electrons. The highest BCUT2D eigenvalue weighted by atomic mass is 35.5. The molecule has 0 spiro atoms. The first kappa shape index (κ1) is 19.4. The van der Waals surface area contributed by atoms with Gasteiger partial charge in [-0.15, -0.1) is 0 Å². The topological polar surface area (TPSA) is 60.9 Å². The van der Waals surface area contributed by atoms with E-state index in [9.17, 15) is 9.59 Å². The number of halogens is 1. The Bertz CT molecular complexity index is 814. The van der Waals surface area contributed by atoms with Crippen molar-refractivity contribution in [2.75, 3.05) is 26.2 Å². The fourth-order valence-electron chi connectivity index (χ4n) is 3.42. The maximum Gasteiger partial charge on any atom is 0.335 e. The zero-order chi connectivity index (χ0) is 19.4. The van der Waals surface area contributed by atoms with Gasteiger partial charge in [0.05, 0.1) is 16.1 Å². The third-order valence-electron chi connectivity index (χ3n) is 5.06. The third kappa shape index (κ3) is 4.67. The fourth-order valence-corrected chi connectivity index (χ4v) is 3.64. The number of carbonyl (C=O) groups is 2. The molecule has 0 bridgehead atoms. The molecule has 0 aliphatic carbocycles. The number of aromatic carboxylic acids is 1. The van der Waals surface area contributed by atoms with Gasteiger partial charge in [-0.05, 0) is 43.2 Å². The average molecular weight is 387 g/mol. The van der Waals surface area contributed by atoms with Crippen LogP contribution in [0.1, 0.15) is 33.2 Å². The molecule has 1 fully saturated rings. The van der Waals surface area contributed by atoms with Crippen molar-refractivity contribution in [3.05, 3.63) is 70.2 Å². The highest BCUT2D eigenvalue weighted by Gasteiger charge is 2.25. The van der Waals surface area contributed by atoms with Gasteiger partial charge in [0.15, 0.2) is 0 Å². The molecule has 1 amide bonds. The molecule has 1 saturated heterocycles. The third-order valence-corrected chi connectivity index (χ3v) is 5.39. The van der Waals surface area contributed by atoms with Crippen LogP contribution < -0.4 is 0 Å². The van der Waals surface area contributed by atoms with Crippen LogP contribution in [-0.4, -0.2) is 59.0 Å². The van der Waals surface area contributed by atoms with Crippen molar-refractivity contribution in [1.29, 1.82) is 0 Å². The van der Waals surface area contributed by atoms with Crippen LogP contribution in [0.25, 0.3) is 0 Å². The van der Waals surface area contributed by atoms with Crippen LogP contribution in [0.5, 0.6) is 0 Å². The minimum absolute atomic E-state index is 0.0165. The molecule has 1 heterocycles. The van der Waals surface area contributed by atoms with Crippen molar-refractivity contribution >= 4 is 23.5 Å². The molecule has 6 heteroatoms. The van der Waals surface area contributed by atoms with Crippen LogP contribution in [0.2, 0.25) is 5.02 Å². The van der Waals surface area contributed by atoms with Crippen molar-refractivity contribution in [1.82, 2.24) is 9.80 Å². The van der Waals surface area contributed by atoms with E-state index < -0.39 is 5.97 Å². The van der Waals surface area contributed by atoms with Crippen molar-refractivity contribution in [2.45, 2.75) is 19.4 Å². The van der Waals surface area contributed by atoms with Gasteiger partial charge in [0.25, 0.3) is 5.91 Å². The van der Waals surface area contributed by atoms with E-state index >= 15 is 0 Å². The number of carboxylic acids is 1. The zero-order valence-electron chi connectivity index (χ0n) is 15.3. The lowest BCUT2D eigenvalue weighted by atomic mass is 10.0. The van der Waals surface area contributed by atoms with Gasteiger partial charge in [-0.1, -0.05) is 35.9 Å². The molecule has 3 rings (SSSR count). The quantitative estimate of drug-likeness (QED) is 0.855. The lowest BCUT2D eigenvalue weighted by molar-refractivity contribution is 0.0582. The Labute approximate surface area is 164 Å². The van der Waals surface area contributed by atoms with E-state index in [2.05, 4.69) is 11.8 Å². The van der Waals surface area contributed by atoms with Gasteiger partial charge in [-0.3, -0.25) is 9.69 Å². The smallest absolute Gasteiger partial charge is 0.335 e. The van der Waals surface area contributed by atoms with Gasteiger partial charge < -0.3 is 10.0 Å². The minimum atomic E-state index is -0.908. The fraction of sp³-hybridized carbons (Fsp3) is 0.333. The van der Waals surface area contributed by atoms with Gasteiger partial charge in [0.1, 0.15) is 0 Å². The van der Waals surface area contributed by atoms with Crippen molar-refractivity contribution in [2.24, 2.45) is 0 Å². The Morgan fingerprint density at radius 2 is 1.67 bits per heavy atom. The maximum absolute atomic E-state index is 12.7. The van der Waals surface area contributed by atoms with Gasteiger partial charge in [-0.2, -0.15) is 0 Å². The Hall–Kier alpha value is -2.37. The Morgan fingerprint density at radius 1 is 1.04 bits per heavy atom. The number of carboxylic acid groups (broad SMARTS) is 1. The molecule has 0 radical (unpaired) electrons. The maximum atomic E-state index is 12.7. The highest BCUT2D eigenvalue weighted by Crippen LogP contribution is 2.19. The highest BCUT2D eigenvalue weighted by molar-refractivity contribution is 6.33. The predicted molar refractivity (Wildman–Crippen MR) is 105 cm³/mol. The number of amides is 1. The van der Waals surface area contributed by atoms with Crippen molar-refractivity contribution < 1.29 is 14.7 Å². The summed E-state index contributed by atoms with van der Waals surface area (Å²) >= 11 is 6.14. The van der Waals surface area contributed by atoms with Crippen molar-refractivity contribution in [3.63, 3.8) is 0 Å². The van der Waals surface area contributed by atoms with Gasteiger partial charge in [-0.25, -0.2) is 4.79 Å². The monoisotopic (exact) mass is 386 g/mol. The molecular weight excluding hydrogens is 364 g/mol. The summed E-state index contributed by atoms with van der Waals surface area (Å²) in [6, 6.07) is 14.5. The molecular formula is C21H23ClN2O3.